The lowest BCUT2D eigenvalue weighted by molar-refractivity contribution is -0.135. The number of rotatable bonds is 9. The highest BCUT2D eigenvalue weighted by Crippen LogP contribution is 2.24. The summed E-state index contributed by atoms with van der Waals surface area (Å²) in [5.41, 5.74) is 0.386. The highest BCUT2D eigenvalue weighted by Gasteiger charge is 2.49. The quantitative estimate of drug-likeness (QED) is 0.520. The van der Waals surface area contributed by atoms with Gasteiger partial charge in [0.2, 0.25) is 5.91 Å². The molecule has 2 rings (SSSR count). The summed E-state index contributed by atoms with van der Waals surface area (Å²) in [5.74, 6) is 1.04. The molecule has 0 atom stereocenters. The number of thioether (sulfide) groups is 1. The average molecular weight is 363 g/mol. The Labute approximate surface area is 152 Å². The number of amides is 4. The molecule has 4 amide bonds. The fourth-order valence-electron chi connectivity index (χ4n) is 2.78. The predicted octanol–water partition coefficient (Wildman–Crippen LogP) is 2.15. The molecule has 1 fully saturated rings. The minimum Gasteiger partial charge on any atom is -0.354 e. The molecular formula is C18H25N3O3S. The van der Waals surface area contributed by atoms with Crippen LogP contribution in [0.2, 0.25) is 0 Å². The summed E-state index contributed by atoms with van der Waals surface area (Å²) in [6.45, 7) is 3.99. The van der Waals surface area contributed by atoms with Crippen LogP contribution in [-0.2, 0) is 15.3 Å². The number of nitrogens with one attached hydrogen (secondary N) is 2. The van der Waals surface area contributed by atoms with Gasteiger partial charge in [-0.15, -0.1) is 0 Å². The Kier molecular flexibility index (Phi) is 6.87. The largest absolute Gasteiger partial charge is 0.354 e. The first-order chi connectivity index (χ1) is 12.0. The van der Waals surface area contributed by atoms with Crippen molar-refractivity contribution >= 4 is 29.6 Å². The second kappa shape index (κ2) is 8.89. The van der Waals surface area contributed by atoms with E-state index in [9.17, 15) is 14.4 Å². The molecule has 25 heavy (non-hydrogen) atoms. The van der Waals surface area contributed by atoms with Gasteiger partial charge in [0.25, 0.3) is 5.91 Å². The Morgan fingerprint density at radius 2 is 1.88 bits per heavy atom. The summed E-state index contributed by atoms with van der Waals surface area (Å²) in [7, 11) is 0. The fourth-order valence-corrected chi connectivity index (χ4v) is 3.59. The van der Waals surface area contributed by atoms with Gasteiger partial charge in [-0.05, 0) is 18.4 Å². The predicted molar refractivity (Wildman–Crippen MR) is 99.2 cm³/mol. The Balaban J connectivity index is 1.71. The zero-order valence-electron chi connectivity index (χ0n) is 14.7. The van der Waals surface area contributed by atoms with Crippen LogP contribution in [0.1, 0.15) is 32.3 Å². The van der Waals surface area contributed by atoms with Gasteiger partial charge in [0.1, 0.15) is 12.1 Å². The molecule has 1 aliphatic rings. The van der Waals surface area contributed by atoms with Crippen molar-refractivity contribution in [1.82, 2.24) is 15.5 Å². The van der Waals surface area contributed by atoms with Crippen molar-refractivity contribution in [2.75, 3.05) is 18.8 Å². The molecule has 2 N–H and O–H groups in total. The second-order valence-electron chi connectivity index (χ2n) is 6.00. The Morgan fingerprint density at radius 1 is 1.20 bits per heavy atom. The van der Waals surface area contributed by atoms with E-state index in [1.165, 1.54) is 5.56 Å². The molecule has 0 spiro atoms. The third-order valence-electron chi connectivity index (χ3n) is 4.43. The smallest absolute Gasteiger partial charge is 0.325 e. The molecule has 0 bridgehead atoms. The first kappa shape index (κ1) is 19.3. The molecule has 1 saturated heterocycles. The minimum atomic E-state index is -0.858. The van der Waals surface area contributed by atoms with Crippen LogP contribution in [-0.4, -0.2) is 47.1 Å². The van der Waals surface area contributed by atoms with E-state index in [2.05, 4.69) is 22.8 Å². The van der Waals surface area contributed by atoms with Crippen molar-refractivity contribution in [1.29, 1.82) is 0 Å². The molecule has 0 saturated carbocycles. The molecule has 1 aromatic rings. The molecule has 0 radical (unpaired) electrons. The molecule has 1 aromatic carbocycles. The summed E-state index contributed by atoms with van der Waals surface area (Å²) in [6, 6.07) is 9.64. The van der Waals surface area contributed by atoms with Crippen LogP contribution in [0.3, 0.4) is 0 Å². The lowest BCUT2D eigenvalue weighted by atomic mass is 9.93. The summed E-state index contributed by atoms with van der Waals surface area (Å²) in [4.78, 5) is 37.5. The summed E-state index contributed by atoms with van der Waals surface area (Å²) < 4.78 is 0. The van der Waals surface area contributed by atoms with Crippen molar-refractivity contribution in [2.45, 2.75) is 38.0 Å². The number of hydrogen-bond acceptors (Lipinski definition) is 4. The van der Waals surface area contributed by atoms with Crippen molar-refractivity contribution in [3.8, 4) is 0 Å². The summed E-state index contributed by atoms with van der Waals surface area (Å²) in [6.07, 6.45) is 1.03. The van der Waals surface area contributed by atoms with Gasteiger partial charge in [-0.3, -0.25) is 14.5 Å². The van der Waals surface area contributed by atoms with Crippen LogP contribution in [0, 0.1) is 0 Å². The van der Waals surface area contributed by atoms with Gasteiger partial charge in [0.15, 0.2) is 0 Å². The third kappa shape index (κ3) is 4.75. The SMILES string of the molecule is CCC1(CC)NC(=O)N(CC(=O)NCCSCc2ccccc2)C1=O. The maximum absolute atomic E-state index is 12.4. The van der Waals surface area contributed by atoms with E-state index < -0.39 is 11.6 Å². The van der Waals surface area contributed by atoms with E-state index in [4.69, 9.17) is 0 Å². The molecule has 0 aromatic heterocycles. The first-order valence-electron chi connectivity index (χ1n) is 8.55. The molecule has 6 nitrogen and oxygen atoms in total. The van der Waals surface area contributed by atoms with E-state index in [1.54, 1.807) is 11.8 Å². The first-order valence-corrected chi connectivity index (χ1v) is 9.70. The normalized spacial score (nSPS) is 16.0. The Morgan fingerprint density at radius 3 is 2.48 bits per heavy atom. The van der Waals surface area contributed by atoms with E-state index in [0.29, 0.717) is 19.4 Å². The zero-order valence-corrected chi connectivity index (χ0v) is 15.5. The average Bonchev–Trinajstić information content (AvgIpc) is 2.87. The molecule has 136 valence electrons. The number of urea groups is 1. The Bertz CT molecular complexity index is 617. The van der Waals surface area contributed by atoms with Crippen molar-refractivity contribution in [3.63, 3.8) is 0 Å². The number of imide groups is 1. The standard InChI is InChI=1S/C18H25N3O3S/c1-3-18(4-2)16(23)21(17(24)20-18)12-15(22)19-10-11-25-13-14-8-6-5-7-9-14/h5-9H,3-4,10-13H2,1-2H3,(H,19,22)(H,20,24). The highest BCUT2D eigenvalue weighted by molar-refractivity contribution is 7.98. The Hall–Kier alpha value is -2.02. The van der Waals surface area contributed by atoms with Crippen LogP contribution >= 0.6 is 11.8 Å². The van der Waals surface area contributed by atoms with Crippen LogP contribution in [0.4, 0.5) is 4.79 Å². The van der Waals surface area contributed by atoms with Gasteiger partial charge in [-0.2, -0.15) is 11.8 Å². The number of nitrogens with zero attached hydrogens (tertiary/aromatic N) is 1. The van der Waals surface area contributed by atoms with Gasteiger partial charge in [0, 0.05) is 18.1 Å². The topological polar surface area (TPSA) is 78.5 Å². The van der Waals surface area contributed by atoms with E-state index in [0.717, 1.165) is 16.4 Å². The molecule has 7 heteroatoms. The van der Waals surface area contributed by atoms with Crippen molar-refractivity contribution < 1.29 is 14.4 Å². The molecule has 1 aliphatic heterocycles. The van der Waals surface area contributed by atoms with Crippen LogP contribution in [0.25, 0.3) is 0 Å². The van der Waals surface area contributed by atoms with Crippen LogP contribution < -0.4 is 10.6 Å². The highest BCUT2D eigenvalue weighted by atomic mass is 32.2. The van der Waals surface area contributed by atoms with Crippen LogP contribution in [0.15, 0.2) is 30.3 Å². The number of carbonyl (C=O) groups is 3. The maximum atomic E-state index is 12.4. The van der Waals surface area contributed by atoms with Gasteiger partial charge in [-0.25, -0.2) is 4.79 Å². The maximum Gasteiger partial charge on any atom is 0.325 e. The van der Waals surface area contributed by atoms with Crippen molar-refractivity contribution in [2.24, 2.45) is 0 Å². The lowest BCUT2D eigenvalue weighted by Crippen LogP contribution is -2.46. The third-order valence-corrected chi connectivity index (χ3v) is 5.47. The zero-order chi connectivity index (χ0) is 18.3. The summed E-state index contributed by atoms with van der Waals surface area (Å²) in [5, 5.41) is 5.49. The van der Waals surface area contributed by atoms with E-state index in [1.807, 2.05) is 32.0 Å². The van der Waals surface area contributed by atoms with E-state index in [-0.39, 0.29) is 18.4 Å². The van der Waals surface area contributed by atoms with Gasteiger partial charge in [-0.1, -0.05) is 44.2 Å². The van der Waals surface area contributed by atoms with Crippen LogP contribution in [0.5, 0.6) is 0 Å². The van der Waals surface area contributed by atoms with Crippen molar-refractivity contribution in [3.05, 3.63) is 35.9 Å². The molecular weight excluding hydrogens is 338 g/mol. The van der Waals surface area contributed by atoms with Gasteiger partial charge in [0.05, 0.1) is 0 Å². The molecule has 0 aliphatic carbocycles. The van der Waals surface area contributed by atoms with E-state index >= 15 is 0 Å². The monoisotopic (exact) mass is 363 g/mol. The number of hydrogen-bond donors (Lipinski definition) is 2. The van der Waals surface area contributed by atoms with Gasteiger partial charge < -0.3 is 10.6 Å². The second-order valence-corrected chi connectivity index (χ2v) is 7.10. The van der Waals surface area contributed by atoms with Gasteiger partial charge >= 0.3 is 6.03 Å². The summed E-state index contributed by atoms with van der Waals surface area (Å²) >= 11 is 1.72. The number of benzene rings is 1. The minimum absolute atomic E-state index is 0.226. The lowest BCUT2D eigenvalue weighted by Gasteiger charge is -2.22. The molecule has 1 heterocycles. The molecule has 0 unspecified atom stereocenters. The number of carbonyl (C=O) groups excluding carboxylic acids is 3. The fraction of sp³-hybridized carbons (Fsp3) is 0.500.